The van der Waals surface area contributed by atoms with E-state index in [2.05, 4.69) is 33.9 Å². The molecule has 0 N–H and O–H groups in total. The number of rotatable bonds is 3. The fourth-order valence-corrected chi connectivity index (χ4v) is 3.22. The van der Waals surface area contributed by atoms with Gasteiger partial charge in [0.25, 0.3) is 0 Å². The zero-order chi connectivity index (χ0) is 11.7. The Morgan fingerprint density at radius 3 is 2.00 bits per heavy atom. The van der Waals surface area contributed by atoms with Gasteiger partial charge in [-0.25, -0.2) is 0 Å². The summed E-state index contributed by atoms with van der Waals surface area (Å²) in [7, 11) is 0.237. The molecule has 2 nitrogen and oxygen atoms in total. The van der Waals surface area contributed by atoms with Gasteiger partial charge in [-0.1, -0.05) is 20.8 Å². The minimum atomic E-state index is -1.57. The molecule has 3 heteroatoms. The lowest BCUT2D eigenvalue weighted by atomic mass is 10.2. The minimum absolute atomic E-state index is 0.318. The molecule has 2 atom stereocenters. The summed E-state index contributed by atoms with van der Waals surface area (Å²) in [6.07, 6.45) is 4.29. The molecule has 1 fully saturated rings. The maximum atomic E-state index is 6.35. The molecule has 15 heavy (non-hydrogen) atoms. The van der Waals surface area contributed by atoms with Gasteiger partial charge in [0.1, 0.15) is 0 Å². The van der Waals surface area contributed by atoms with Gasteiger partial charge >= 0.3 is 0 Å². The Morgan fingerprint density at radius 1 is 1.07 bits per heavy atom. The van der Waals surface area contributed by atoms with E-state index in [1.165, 1.54) is 6.42 Å². The summed E-state index contributed by atoms with van der Waals surface area (Å²) in [5.41, 5.74) is 0. The topological polar surface area (TPSA) is 18.5 Å². The van der Waals surface area contributed by atoms with Gasteiger partial charge in [-0.05, 0) is 37.4 Å². The Balaban J connectivity index is 2.49. The fraction of sp³-hybridized carbons (Fsp3) is 1.00. The lowest BCUT2D eigenvalue weighted by Crippen LogP contribution is -2.43. The van der Waals surface area contributed by atoms with Crippen LogP contribution in [0.5, 0.6) is 0 Å². The van der Waals surface area contributed by atoms with Crippen molar-refractivity contribution >= 4 is 8.32 Å². The first kappa shape index (κ1) is 13.2. The van der Waals surface area contributed by atoms with E-state index < -0.39 is 8.32 Å². The first-order valence-corrected chi connectivity index (χ1v) is 8.88. The summed E-state index contributed by atoms with van der Waals surface area (Å²) in [5.74, 6) is 0. The van der Waals surface area contributed by atoms with E-state index in [9.17, 15) is 0 Å². The van der Waals surface area contributed by atoms with Crippen LogP contribution >= 0.6 is 0 Å². The molecule has 0 aromatic rings. The van der Waals surface area contributed by atoms with Gasteiger partial charge in [-0.3, -0.25) is 0 Å². The van der Waals surface area contributed by atoms with Crippen molar-refractivity contribution in [2.24, 2.45) is 0 Å². The molecule has 0 amide bonds. The molecule has 0 radical (unpaired) electrons. The maximum absolute atomic E-state index is 6.35. The molecule has 1 aliphatic carbocycles. The maximum Gasteiger partial charge on any atom is 0.192 e. The van der Waals surface area contributed by atoms with Gasteiger partial charge in [0.2, 0.25) is 0 Å². The third-order valence-electron chi connectivity index (χ3n) is 3.94. The molecule has 1 saturated carbocycles. The van der Waals surface area contributed by atoms with Crippen LogP contribution in [-0.2, 0) is 9.16 Å². The molecule has 0 saturated heterocycles. The molecular weight excluding hydrogens is 204 g/mol. The van der Waals surface area contributed by atoms with Crippen molar-refractivity contribution in [2.45, 2.75) is 70.4 Å². The van der Waals surface area contributed by atoms with Crippen molar-refractivity contribution in [3.05, 3.63) is 0 Å². The largest absolute Gasteiger partial charge is 0.414 e. The highest BCUT2D eigenvalue weighted by molar-refractivity contribution is 6.74. The van der Waals surface area contributed by atoms with E-state index in [1.807, 2.05) is 0 Å². The van der Waals surface area contributed by atoms with Crippen LogP contribution in [-0.4, -0.2) is 27.6 Å². The Labute approximate surface area is 95.5 Å². The summed E-state index contributed by atoms with van der Waals surface area (Å²) >= 11 is 0. The second kappa shape index (κ2) is 4.56. The van der Waals surface area contributed by atoms with Crippen LogP contribution in [0.3, 0.4) is 0 Å². The minimum Gasteiger partial charge on any atom is -0.414 e. The average molecular weight is 230 g/mol. The van der Waals surface area contributed by atoms with Gasteiger partial charge in [-0.15, -0.1) is 0 Å². The molecule has 0 aromatic carbocycles. The highest BCUT2D eigenvalue weighted by Crippen LogP contribution is 2.39. The molecule has 0 aromatic heterocycles. The van der Waals surface area contributed by atoms with Crippen molar-refractivity contribution < 1.29 is 9.16 Å². The Bertz CT molecular complexity index is 208. The molecule has 90 valence electrons. The van der Waals surface area contributed by atoms with E-state index in [1.54, 1.807) is 7.11 Å². The number of hydrogen-bond acceptors (Lipinski definition) is 2. The highest BCUT2D eigenvalue weighted by atomic mass is 28.4. The molecule has 0 spiro atoms. The summed E-state index contributed by atoms with van der Waals surface area (Å²) in [6.45, 7) is 11.5. The summed E-state index contributed by atoms with van der Waals surface area (Å²) in [5, 5.41) is 0.318. The van der Waals surface area contributed by atoms with Crippen LogP contribution < -0.4 is 0 Å². The van der Waals surface area contributed by atoms with E-state index in [4.69, 9.17) is 9.16 Å². The first-order chi connectivity index (χ1) is 6.76. The van der Waals surface area contributed by atoms with Crippen LogP contribution in [0.2, 0.25) is 18.1 Å². The number of hydrogen-bond donors (Lipinski definition) is 0. The SMILES string of the molecule is COC1CCC(O[Si](C)(C)C(C)(C)C)C1. The van der Waals surface area contributed by atoms with Crippen molar-refractivity contribution in [1.82, 2.24) is 0 Å². The monoisotopic (exact) mass is 230 g/mol. The van der Waals surface area contributed by atoms with Crippen LogP contribution in [0.1, 0.15) is 40.0 Å². The summed E-state index contributed by atoms with van der Waals surface area (Å²) in [4.78, 5) is 0. The third kappa shape index (κ3) is 3.30. The molecule has 1 aliphatic rings. The second-order valence-corrected chi connectivity index (χ2v) is 10.9. The van der Waals surface area contributed by atoms with Crippen LogP contribution in [0.15, 0.2) is 0 Å². The van der Waals surface area contributed by atoms with Crippen LogP contribution in [0.25, 0.3) is 0 Å². The lowest BCUT2D eigenvalue weighted by molar-refractivity contribution is 0.0919. The molecular formula is C12H26O2Si. The number of methoxy groups -OCH3 is 1. The normalized spacial score (nSPS) is 28.4. The predicted molar refractivity (Wildman–Crippen MR) is 66.7 cm³/mol. The zero-order valence-corrected chi connectivity index (χ0v) is 12.1. The van der Waals surface area contributed by atoms with Gasteiger partial charge in [0.05, 0.1) is 6.10 Å². The number of ether oxygens (including phenoxy) is 1. The zero-order valence-electron chi connectivity index (χ0n) is 11.1. The fourth-order valence-electron chi connectivity index (χ4n) is 1.82. The van der Waals surface area contributed by atoms with E-state index in [0.717, 1.165) is 12.8 Å². The average Bonchev–Trinajstić information content (AvgIpc) is 2.49. The summed E-state index contributed by atoms with van der Waals surface area (Å²) < 4.78 is 11.7. The third-order valence-corrected chi connectivity index (χ3v) is 8.47. The molecule has 0 heterocycles. The van der Waals surface area contributed by atoms with Crippen LogP contribution in [0.4, 0.5) is 0 Å². The van der Waals surface area contributed by atoms with Gasteiger partial charge in [0, 0.05) is 13.2 Å². The van der Waals surface area contributed by atoms with Gasteiger partial charge in [-0.2, -0.15) is 0 Å². The quantitative estimate of drug-likeness (QED) is 0.690. The lowest BCUT2D eigenvalue weighted by Gasteiger charge is -2.38. The molecule has 1 rings (SSSR count). The van der Waals surface area contributed by atoms with E-state index >= 15 is 0 Å². The van der Waals surface area contributed by atoms with Crippen molar-refractivity contribution in [2.75, 3.05) is 7.11 Å². The molecule has 2 unspecified atom stereocenters. The van der Waals surface area contributed by atoms with E-state index in [0.29, 0.717) is 17.2 Å². The second-order valence-electron chi connectivity index (χ2n) is 6.17. The highest BCUT2D eigenvalue weighted by Gasteiger charge is 2.40. The molecule has 0 bridgehead atoms. The van der Waals surface area contributed by atoms with Crippen molar-refractivity contribution in [3.8, 4) is 0 Å². The van der Waals surface area contributed by atoms with Crippen molar-refractivity contribution in [3.63, 3.8) is 0 Å². The molecule has 0 aliphatic heterocycles. The van der Waals surface area contributed by atoms with Gasteiger partial charge in [0.15, 0.2) is 8.32 Å². The smallest absolute Gasteiger partial charge is 0.192 e. The Kier molecular flexibility index (Phi) is 4.01. The Morgan fingerprint density at radius 2 is 1.60 bits per heavy atom. The summed E-state index contributed by atoms with van der Waals surface area (Å²) in [6, 6.07) is 0. The van der Waals surface area contributed by atoms with Gasteiger partial charge < -0.3 is 9.16 Å². The van der Waals surface area contributed by atoms with E-state index in [-0.39, 0.29) is 0 Å². The van der Waals surface area contributed by atoms with Crippen molar-refractivity contribution in [1.29, 1.82) is 0 Å². The standard InChI is InChI=1S/C12H26O2Si/c1-12(2,3)15(5,6)14-11-8-7-10(9-11)13-4/h10-11H,7-9H2,1-6H3. The Hall–Kier alpha value is 0.137. The predicted octanol–water partition coefficient (Wildman–Crippen LogP) is 3.58. The van der Waals surface area contributed by atoms with Crippen LogP contribution in [0, 0.1) is 0 Å². The first-order valence-electron chi connectivity index (χ1n) is 5.97.